The molecule has 0 aromatic carbocycles. The van der Waals surface area contributed by atoms with Crippen molar-refractivity contribution in [2.45, 2.75) is 25.7 Å². The minimum Gasteiger partial charge on any atom is -0.468 e. The Bertz CT molecular complexity index is 267. The van der Waals surface area contributed by atoms with Crippen LogP contribution in [0.3, 0.4) is 0 Å². The van der Waals surface area contributed by atoms with E-state index in [0.717, 1.165) is 25.7 Å². The maximum atomic E-state index is 11.6. The number of methoxy groups -OCH3 is 2. The second-order valence-electron chi connectivity index (χ2n) is 3.90. The molecule has 0 aliphatic heterocycles. The molecule has 0 fully saturated rings. The minimum atomic E-state index is -0.815. The van der Waals surface area contributed by atoms with Gasteiger partial charge in [0.1, 0.15) is 0 Å². The lowest BCUT2D eigenvalue weighted by molar-refractivity contribution is -0.160. The van der Waals surface area contributed by atoms with Crippen molar-refractivity contribution in [1.29, 1.82) is 0 Å². The average Bonchev–Trinajstić information content (AvgIpc) is 2.57. The van der Waals surface area contributed by atoms with E-state index in [0.29, 0.717) is 0 Å². The monoisotopic (exact) mass is 226 g/mol. The number of allylic oxidation sites excluding steroid dienone is 2. The Balaban J connectivity index is 2.81. The molecule has 0 bridgehead atoms. The second kappa shape index (κ2) is 6.30. The van der Waals surface area contributed by atoms with Gasteiger partial charge in [0.15, 0.2) is 5.92 Å². The topological polar surface area (TPSA) is 52.6 Å². The molecule has 0 saturated heterocycles. The van der Waals surface area contributed by atoms with Gasteiger partial charge < -0.3 is 9.47 Å². The second-order valence-corrected chi connectivity index (χ2v) is 3.90. The maximum absolute atomic E-state index is 11.6. The van der Waals surface area contributed by atoms with Crippen LogP contribution >= 0.6 is 0 Å². The molecule has 0 saturated carbocycles. The number of carbonyl (C=O) groups excluding carboxylic acids is 2. The van der Waals surface area contributed by atoms with E-state index >= 15 is 0 Å². The minimum absolute atomic E-state index is 0.0950. The molecule has 0 radical (unpaired) electrons. The van der Waals surface area contributed by atoms with Crippen LogP contribution in [0.15, 0.2) is 12.2 Å². The summed E-state index contributed by atoms with van der Waals surface area (Å²) in [7, 11) is 2.58. The predicted molar refractivity (Wildman–Crippen MR) is 58.6 cm³/mol. The van der Waals surface area contributed by atoms with Crippen LogP contribution < -0.4 is 0 Å². The summed E-state index contributed by atoms with van der Waals surface area (Å²) in [5.41, 5.74) is 0. The zero-order valence-corrected chi connectivity index (χ0v) is 9.77. The summed E-state index contributed by atoms with van der Waals surface area (Å²) in [6.45, 7) is 0. The van der Waals surface area contributed by atoms with Gasteiger partial charge in [-0.2, -0.15) is 0 Å². The summed E-state index contributed by atoms with van der Waals surface area (Å²) in [4.78, 5) is 23.1. The molecule has 1 aliphatic carbocycles. The van der Waals surface area contributed by atoms with Crippen molar-refractivity contribution in [3.05, 3.63) is 12.2 Å². The van der Waals surface area contributed by atoms with Crippen LogP contribution in [0.2, 0.25) is 0 Å². The van der Waals surface area contributed by atoms with Crippen molar-refractivity contribution >= 4 is 11.9 Å². The van der Waals surface area contributed by atoms with Crippen molar-refractivity contribution in [3.63, 3.8) is 0 Å². The third-order valence-corrected chi connectivity index (χ3v) is 2.88. The van der Waals surface area contributed by atoms with E-state index in [2.05, 4.69) is 9.47 Å². The van der Waals surface area contributed by atoms with E-state index in [4.69, 9.17) is 0 Å². The Kier molecular flexibility index (Phi) is 5.02. The number of ether oxygens (including phenoxy) is 2. The quantitative estimate of drug-likeness (QED) is 0.417. The largest absolute Gasteiger partial charge is 0.468 e. The molecule has 0 heterocycles. The molecule has 0 amide bonds. The van der Waals surface area contributed by atoms with Crippen LogP contribution in [-0.4, -0.2) is 26.2 Å². The lowest BCUT2D eigenvalue weighted by Gasteiger charge is -2.19. The SMILES string of the molecule is COC(=O)C(C(=O)OC)[C@H]1C=CCCCC1. The van der Waals surface area contributed by atoms with Gasteiger partial charge in [-0.1, -0.05) is 18.6 Å². The summed E-state index contributed by atoms with van der Waals surface area (Å²) in [5.74, 6) is -1.93. The van der Waals surface area contributed by atoms with E-state index in [1.165, 1.54) is 14.2 Å². The van der Waals surface area contributed by atoms with Crippen molar-refractivity contribution < 1.29 is 19.1 Å². The molecule has 0 aromatic rings. The van der Waals surface area contributed by atoms with Crippen molar-refractivity contribution in [3.8, 4) is 0 Å². The van der Waals surface area contributed by atoms with E-state index in [9.17, 15) is 9.59 Å². The van der Waals surface area contributed by atoms with Crippen molar-refractivity contribution in [1.82, 2.24) is 0 Å². The maximum Gasteiger partial charge on any atom is 0.320 e. The Morgan fingerprint density at radius 2 is 1.81 bits per heavy atom. The third-order valence-electron chi connectivity index (χ3n) is 2.88. The molecule has 1 rings (SSSR count). The number of rotatable bonds is 3. The molecule has 1 atom stereocenters. The summed E-state index contributed by atoms with van der Waals surface area (Å²) in [6.07, 6.45) is 7.91. The zero-order valence-electron chi connectivity index (χ0n) is 9.77. The molecule has 0 N–H and O–H groups in total. The molecular formula is C12H18O4. The van der Waals surface area contributed by atoms with Gasteiger partial charge in [-0.25, -0.2) is 0 Å². The third kappa shape index (κ3) is 3.08. The van der Waals surface area contributed by atoms with Crippen LogP contribution in [-0.2, 0) is 19.1 Å². The number of hydrogen-bond acceptors (Lipinski definition) is 4. The Morgan fingerprint density at radius 3 is 2.38 bits per heavy atom. The van der Waals surface area contributed by atoms with Gasteiger partial charge in [0.05, 0.1) is 14.2 Å². The smallest absolute Gasteiger partial charge is 0.320 e. The van der Waals surface area contributed by atoms with Crippen LogP contribution in [0, 0.1) is 11.8 Å². The molecule has 90 valence electrons. The van der Waals surface area contributed by atoms with Gasteiger partial charge in [-0.15, -0.1) is 0 Å². The van der Waals surface area contributed by atoms with E-state index < -0.39 is 17.9 Å². The fraction of sp³-hybridized carbons (Fsp3) is 0.667. The van der Waals surface area contributed by atoms with Gasteiger partial charge in [0.2, 0.25) is 0 Å². The van der Waals surface area contributed by atoms with Crippen LogP contribution in [0.1, 0.15) is 25.7 Å². The molecular weight excluding hydrogens is 208 g/mol. The molecule has 0 spiro atoms. The lowest BCUT2D eigenvalue weighted by Crippen LogP contribution is -2.32. The van der Waals surface area contributed by atoms with Crippen LogP contribution in [0.25, 0.3) is 0 Å². The summed E-state index contributed by atoms with van der Waals surface area (Å²) in [6, 6.07) is 0. The van der Waals surface area contributed by atoms with E-state index in [-0.39, 0.29) is 5.92 Å². The number of carbonyl (C=O) groups is 2. The molecule has 1 aliphatic rings. The Labute approximate surface area is 95.6 Å². The summed E-state index contributed by atoms with van der Waals surface area (Å²) >= 11 is 0. The number of esters is 2. The summed E-state index contributed by atoms with van der Waals surface area (Å²) in [5, 5.41) is 0. The van der Waals surface area contributed by atoms with E-state index in [1.807, 2.05) is 12.2 Å². The lowest BCUT2D eigenvalue weighted by atomic mass is 9.88. The van der Waals surface area contributed by atoms with Gasteiger partial charge in [-0.05, 0) is 19.3 Å². The highest BCUT2D eigenvalue weighted by atomic mass is 16.5. The van der Waals surface area contributed by atoms with Gasteiger partial charge in [0.25, 0.3) is 0 Å². The van der Waals surface area contributed by atoms with Crippen molar-refractivity contribution in [2.75, 3.05) is 14.2 Å². The number of hydrogen-bond donors (Lipinski definition) is 0. The first kappa shape index (κ1) is 12.7. The van der Waals surface area contributed by atoms with Crippen LogP contribution in [0.5, 0.6) is 0 Å². The molecule has 0 aromatic heterocycles. The average molecular weight is 226 g/mol. The highest BCUT2D eigenvalue weighted by Crippen LogP contribution is 2.26. The zero-order chi connectivity index (χ0) is 12.0. The first-order valence-corrected chi connectivity index (χ1v) is 5.53. The molecule has 16 heavy (non-hydrogen) atoms. The highest BCUT2D eigenvalue weighted by Gasteiger charge is 2.35. The summed E-state index contributed by atoms with van der Waals surface area (Å²) < 4.78 is 9.31. The van der Waals surface area contributed by atoms with Crippen LogP contribution in [0.4, 0.5) is 0 Å². The fourth-order valence-corrected chi connectivity index (χ4v) is 1.99. The van der Waals surface area contributed by atoms with Gasteiger partial charge >= 0.3 is 11.9 Å². The van der Waals surface area contributed by atoms with Crippen molar-refractivity contribution in [2.24, 2.45) is 11.8 Å². The molecule has 0 unspecified atom stereocenters. The van der Waals surface area contributed by atoms with E-state index in [1.54, 1.807) is 0 Å². The Morgan fingerprint density at radius 1 is 1.19 bits per heavy atom. The van der Waals surface area contributed by atoms with Gasteiger partial charge in [-0.3, -0.25) is 9.59 Å². The highest BCUT2D eigenvalue weighted by molar-refractivity contribution is 5.95. The Hall–Kier alpha value is -1.32. The first-order valence-electron chi connectivity index (χ1n) is 5.53. The fourth-order valence-electron chi connectivity index (χ4n) is 1.99. The predicted octanol–water partition coefficient (Wildman–Crippen LogP) is 1.69. The first-order chi connectivity index (χ1) is 7.70. The molecule has 4 heteroatoms. The normalized spacial score (nSPS) is 20.3. The molecule has 4 nitrogen and oxygen atoms in total. The van der Waals surface area contributed by atoms with Gasteiger partial charge in [0, 0.05) is 5.92 Å². The standard InChI is InChI=1S/C12H18O4/c1-15-11(13)10(12(14)16-2)9-7-5-3-4-6-8-9/h5,7,9-10H,3-4,6,8H2,1-2H3/t9-/m0/s1.